The third-order valence-electron chi connectivity index (χ3n) is 2.80. The molecule has 0 aliphatic heterocycles. The van der Waals surface area contributed by atoms with Gasteiger partial charge in [-0.1, -0.05) is 12.1 Å². The van der Waals surface area contributed by atoms with Gasteiger partial charge in [-0.3, -0.25) is 4.79 Å². The predicted octanol–water partition coefficient (Wildman–Crippen LogP) is 2.36. The minimum Gasteiger partial charge on any atom is -0.337 e. The first-order chi connectivity index (χ1) is 9.60. The van der Waals surface area contributed by atoms with E-state index in [-0.39, 0.29) is 17.4 Å². The van der Waals surface area contributed by atoms with Crippen molar-refractivity contribution in [3.05, 3.63) is 65.2 Å². The number of aromatic nitrogens is 1. The van der Waals surface area contributed by atoms with Crippen molar-refractivity contribution < 1.29 is 9.18 Å². The van der Waals surface area contributed by atoms with E-state index in [2.05, 4.69) is 4.98 Å². The van der Waals surface area contributed by atoms with Crippen molar-refractivity contribution in [3.8, 4) is 6.07 Å². The number of carbonyl (C=O) groups is 1. The summed E-state index contributed by atoms with van der Waals surface area (Å²) in [5, 5.41) is 8.77. The Labute approximate surface area is 116 Å². The number of nitrogens with zero attached hydrogens (tertiary/aromatic N) is 3. The zero-order valence-corrected chi connectivity index (χ0v) is 10.9. The highest BCUT2D eigenvalue weighted by molar-refractivity contribution is 5.94. The fourth-order valence-electron chi connectivity index (χ4n) is 1.78. The lowest BCUT2D eigenvalue weighted by atomic mass is 10.1. The number of hydrogen-bond donors (Lipinski definition) is 0. The highest BCUT2D eigenvalue weighted by atomic mass is 19.1. The second kappa shape index (κ2) is 5.93. The molecule has 0 atom stereocenters. The van der Waals surface area contributed by atoms with Crippen LogP contribution in [0, 0.1) is 17.1 Å². The summed E-state index contributed by atoms with van der Waals surface area (Å²) in [6.45, 7) is 0.364. The molecule has 0 spiro atoms. The van der Waals surface area contributed by atoms with Crippen LogP contribution < -0.4 is 0 Å². The molecule has 0 N–H and O–H groups in total. The van der Waals surface area contributed by atoms with E-state index in [1.54, 1.807) is 25.2 Å². The monoisotopic (exact) mass is 269 g/mol. The van der Waals surface area contributed by atoms with Gasteiger partial charge in [-0.25, -0.2) is 9.37 Å². The fourth-order valence-corrected chi connectivity index (χ4v) is 1.78. The number of amides is 1. The van der Waals surface area contributed by atoms with Crippen LogP contribution in [0.15, 0.2) is 42.6 Å². The van der Waals surface area contributed by atoms with E-state index in [0.29, 0.717) is 12.1 Å². The first-order valence-corrected chi connectivity index (χ1v) is 5.96. The van der Waals surface area contributed by atoms with E-state index in [0.717, 1.165) is 5.56 Å². The standard InChI is InChI=1S/C15H12FN3O/c1-19(10-11-2-4-13(16)5-3-11)15(20)12-6-7-18-14(8-12)9-17/h2-8H,10H2,1H3. The van der Waals surface area contributed by atoms with Crippen LogP contribution in [0.1, 0.15) is 21.6 Å². The Bertz CT molecular complexity index is 662. The van der Waals surface area contributed by atoms with Crippen LogP contribution in [-0.2, 0) is 6.54 Å². The quantitative estimate of drug-likeness (QED) is 0.859. The van der Waals surface area contributed by atoms with E-state index in [9.17, 15) is 9.18 Å². The number of halogens is 1. The number of nitriles is 1. The van der Waals surface area contributed by atoms with Crippen LogP contribution in [0.2, 0.25) is 0 Å². The minimum atomic E-state index is -0.310. The van der Waals surface area contributed by atoms with Crippen molar-refractivity contribution in [2.24, 2.45) is 0 Å². The Kier molecular flexibility index (Phi) is 4.06. The Hall–Kier alpha value is -2.74. The third kappa shape index (κ3) is 3.18. The largest absolute Gasteiger partial charge is 0.337 e. The first kappa shape index (κ1) is 13.7. The summed E-state index contributed by atoms with van der Waals surface area (Å²) in [5.41, 5.74) is 1.43. The Balaban J connectivity index is 2.12. The summed E-state index contributed by atoms with van der Waals surface area (Å²) < 4.78 is 12.8. The smallest absolute Gasteiger partial charge is 0.254 e. The maximum absolute atomic E-state index is 12.8. The predicted molar refractivity (Wildman–Crippen MR) is 71.1 cm³/mol. The van der Waals surface area contributed by atoms with Crippen molar-refractivity contribution in [1.82, 2.24) is 9.88 Å². The normalized spacial score (nSPS) is 9.85. The highest BCUT2D eigenvalue weighted by Gasteiger charge is 2.12. The Morgan fingerprint density at radius 3 is 2.70 bits per heavy atom. The zero-order valence-electron chi connectivity index (χ0n) is 10.9. The zero-order chi connectivity index (χ0) is 14.5. The van der Waals surface area contributed by atoms with E-state index in [1.807, 2.05) is 6.07 Å². The van der Waals surface area contributed by atoms with Gasteiger partial charge in [0.1, 0.15) is 17.6 Å². The lowest BCUT2D eigenvalue weighted by Crippen LogP contribution is -2.26. The van der Waals surface area contributed by atoms with E-state index in [1.165, 1.54) is 29.3 Å². The first-order valence-electron chi connectivity index (χ1n) is 5.96. The van der Waals surface area contributed by atoms with Crippen LogP contribution in [0.3, 0.4) is 0 Å². The molecule has 1 aromatic carbocycles. The van der Waals surface area contributed by atoms with Gasteiger partial charge >= 0.3 is 0 Å². The molecule has 1 amide bonds. The van der Waals surface area contributed by atoms with Crippen LogP contribution in [-0.4, -0.2) is 22.8 Å². The molecule has 4 nitrogen and oxygen atoms in total. The van der Waals surface area contributed by atoms with Crippen molar-refractivity contribution in [2.45, 2.75) is 6.54 Å². The van der Waals surface area contributed by atoms with Crippen molar-refractivity contribution >= 4 is 5.91 Å². The summed E-state index contributed by atoms with van der Waals surface area (Å²) in [7, 11) is 1.65. The average Bonchev–Trinajstić information content (AvgIpc) is 2.48. The number of benzene rings is 1. The fraction of sp³-hybridized carbons (Fsp3) is 0.133. The molecule has 2 rings (SSSR count). The lowest BCUT2D eigenvalue weighted by Gasteiger charge is -2.17. The summed E-state index contributed by atoms with van der Waals surface area (Å²) >= 11 is 0. The molecule has 0 fully saturated rings. The number of rotatable bonds is 3. The molecule has 100 valence electrons. The third-order valence-corrected chi connectivity index (χ3v) is 2.80. The van der Waals surface area contributed by atoms with E-state index in [4.69, 9.17) is 5.26 Å². The van der Waals surface area contributed by atoms with Gasteiger partial charge in [-0.15, -0.1) is 0 Å². The molecular formula is C15H12FN3O. The molecule has 1 aromatic heterocycles. The second-order valence-electron chi connectivity index (χ2n) is 4.33. The molecule has 1 heterocycles. The van der Waals surface area contributed by atoms with Gasteiger partial charge in [0.2, 0.25) is 0 Å². The van der Waals surface area contributed by atoms with Crippen LogP contribution in [0.25, 0.3) is 0 Å². The molecule has 0 saturated carbocycles. The molecule has 2 aromatic rings. The number of hydrogen-bond acceptors (Lipinski definition) is 3. The molecule has 20 heavy (non-hydrogen) atoms. The van der Waals surface area contributed by atoms with Crippen molar-refractivity contribution in [1.29, 1.82) is 5.26 Å². The lowest BCUT2D eigenvalue weighted by molar-refractivity contribution is 0.0785. The summed E-state index contributed by atoms with van der Waals surface area (Å²) in [4.78, 5) is 17.5. The maximum Gasteiger partial charge on any atom is 0.254 e. The number of pyridine rings is 1. The van der Waals surface area contributed by atoms with E-state index >= 15 is 0 Å². The van der Waals surface area contributed by atoms with Gasteiger partial charge in [0.25, 0.3) is 5.91 Å². The molecule has 0 aliphatic rings. The van der Waals surface area contributed by atoms with Gasteiger partial charge in [-0.2, -0.15) is 5.26 Å². The average molecular weight is 269 g/mol. The Morgan fingerprint density at radius 1 is 1.35 bits per heavy atom. The van der Waals surface area contributed by atoms with Gasteiger partial charge in [0, 0.05) is 25.4 Å². The molecule has 0 radical (unpaired) electrons. The van der Waals surface area contributed by atoms with Gasteiger partial charge in [0.05, 0.1) is 0 Å². The topological polar surface area (TPSA) is 57.0 Å². The van der Waals surface area contributed by atoms with Gasteiger partial charge < -0.3 is 4.90 Å². The number of carbonyl (C=O) groups excluding carboxylic acids is 1. The van der Waals surface area contributed by atoms with Crippen molar-refractivity contribution in [3.63, 3.8) is 0 Å². The summed E-state index contributed by atoms with van der Waals surface area (Å²) in [5.74, 6) is -0.524. The molecule has 5 heteroatoms. The maximum atomic E-state index is 12.8. The molecule has 0 bridgehead atoms. The van der Waals surface area contributed by atoms with Gasteiger partial charge in [0.15, 0.2) is 0 Å². The minimum absolute atomic E-state index is 0.200. The molecule has 0 saturated heterocycles. The Morgan fingerprint density at radius 2 is 2.05 bits per heavy atom. The second-order valence-corrected chi connectivity index (χ2v) is 4.33. The van der Waals surface area contributed by atoms with Gasteiger partial charge in [-0.05, 0) is 29.8 Å². The van der Waals surface area contributed by atoms with Crippen LogP contribution in [0.4, 0.5) is 4.39 Å². The molecular weight excluding hydrogens is 257 g/mol. The van der Waals surface area contributed by atoms with Crippen LogP contribution >= 0.6 is 0 Å². The summed E-state index contributed by atoms with van der Waals surface area (Å²) in [6.07, 6.45) is 1.43. The summed E-state index contributed by atoms with van der Waals surface area (Å²) in [6, 6.07) is 10.9. The molecule has 0 unspecified atom stereocenters. The van der Waals surface area contributed by atoms with Crippen molar-refractivity contribution in [2.75, 3.05) is 7.05 Å². The highest BCUT2D eigenvalue weighted by Crippen LogP contribution is 2.10. The van der Waals surface area contributed by atoms with Crippen LogP contribution in [0.5, 0.6) is 0 Å². The van der Waals surface area contributed by atoms with E-state index < -0.39 is 0 Å². The SMILES string of the molecule is CN(Cc1ccc(F)cc1)C(=O)c1ccnc(C#N)c1. The molecule has 0 aliphatic carbocycles.